The lowest BCUT2D eigenvalue weighted by Gasteiger charge is -2.09. The summed E-state index contributed by atoms with van der Waals surface area (Å²) in [7, 11) is 0. The van der Waals surface area contributed by atoms with Gasteiger partial charge < -0.3 is 5.32 Å². The molecule has 0 amide bonds. The Balaban J connectivity index is 0.000000980. The summed E-state index contributed by atoms with van der Waals surface area (Å²) < 4.78 is 0. The van der Waals surface area contributed by atoms with Crippen LogP contribution in [0.2, 0.25) is 0 Å². The molecule has 1 fully saturated rings. The normalized spacial score (nSPS) is 19.8. The van der Waals surface area contributed by atoms with E-state index >= 15 is 0 Å². The van der Waals surface area contributed by atoms with Gasteiger partial charge in [0, 0.05) is 6.54 Å². The minimum atomic E-state index is 0. The Labute approximate surface area is 90.3 Å². The van der Waals surface area contributed by atoms with Crippen LogP contribution in [0.4, 0.5) is 0 Å². The molecule has 1 N–H and O–H groups in total. The highest BCUT2D eigenvalue weighted by Gasteiger charge is 2.18. The second-order valence-electron chi connectivity index (χ2n) is 3.39. The smallest absolute Gasteiger partial charge is 0.0994 e. The van der Waals surface area contributed by atoms with E-state index in [1.165, 1.54) is 5.56 Å². The average Bonchev–Trinajstić information content (AvgIpc) is 2.70. The highest BCUT2D eigenvalue weighted by molar-refractivity contribution is 5.85. The lowest BCUT2D eigenvalue weighted by molar-refractivity contribution is 0.761. The molecule has 14 heavy (non-hydrogen) atoms. The second-order valence-corrected chi connectivity index (χ2v) is 3.39. The Bertz CT molecular complexity index is 337. The van der Waals surface area contributed by atoms with Gasteiger partial charge >= 0.3 is 0 Å². The molecule has 1 atom stereocenters. The summed E-state index contributed by atoms with van der Waals surface area (Å²) in [4.78, 5) is 0. The van der Waals surface area contributed by atoms with Crippen molar-refractivity contribution in [2.24, 2.45) is 0 Å². The topological polar surface area (TPSA) is 35.8 Å². The van der Waals surface area contributed by atoms with Gasteiger partial charge in [0.1, 0.15) is 0 Å². The minimum Gasteiger partial charge on any atom is -0.316 e. The van der Waals surface area contributed by atoms with Crippen LogP contribution in [-0.2, 0) is 0 Å². The molecule has 1 aliphatic rings. The van der Waals surface area contributed by atoms with Crippen LogP contribution in [0, 0.1) is 11.3 Å². The number of hydrogen-bond donors (Lipinski definition) is 1. The van der Waals surface area contributed by atoms with Gasteiger partial charge in [-0.15, -0.1) is 12.4 Å². The van der Waals surface area contributed by atoms with Crippen molar-refractivity contribution in [3.05, 3.63) is 35.4 Å². The van der Waals surface area contributed by atoms with Gasteiger partial charge in [-0.25, -0.2) is 0 Å². The number of nitrogens with one attached hydrogen (secondary N) is 1. The zero-order valence-corrected chi connectivity index (χ0v) is 8.68. The summed E-state index contributed by atoms with van der Waals surface area (Å²) >= 11 is 0. The third kappa shape index (κ3) is 2.06. The largest absolute Gasteiger partial charge is 0.316 e. The SMILES string of the molecule is Cl.N#Cc1ccccc1C1CCNC1. The molecule has 1 aliphatic heterocycles. The molecule has 0 aliphatic carbocycles. The zero-order valence-electron chi connectivity index (χ0n) is 7.86. The molecule has 0 spiro atoms. The van der Waals surface area contributed by atoms with Crippen LogP contribution in [0.5, 0.6) is 0 Å². The van der Waals surface area contributed by atoms with Crippen molar-refractivity contribution < 1.29 is 0 Å². The second kappa shape index (κ2) is 4.99. The van der Waals surface area contributed by atoms with Gasteiger partial charge in [-0.1, -0.05) is 18.2 Å². The summed E-state index contributed by atoms with van der Waals surface area (Å²) in [6.45, 7) is 2.09. The third-order valence-electron chi connectivity index (χ3n) is 2.58. The number of hydrogen-bond acceptors (Lipinski definition) is 2. The van der Waals surface area contributed by atoms with Gasteiger partial charge in [0.25, 0.3) is 0 Å². The molecule has 1 unspecified atom stereocenters. The number of benzene rings is 1. The van der Waals surface area contributed by atoms with Crippen molar-refractivity contribution in [1.29, 1.82) is 5.26 Å². The van der Waals surface area contributed by atoms with E-state index < -0.39 is 0 Å². The van der Waals surface area contributed by atoms with Crippen molar-refractivity contribution >= 4 is 12.4 Å². The van der Waals surface area contributed by atoms with E-state index in [4.69, 9.17) is 5.26 Å². The Morgan fingerprint density at radius 1 is 1.36 bits per heavy atom. The Hall–Kier alpha value is -1.04. The molecule has 2 rings (SSSR count). The fourth-order valence-electron chi connectivity index (χ4n) is 1.87. The van der Waals surface area contributed by atoms with Crippen LogP contribution in [0.25, 0.3) is 0 Å². The van der Waals surface area contributed by atoms with Gasteiger partial charge in [0.05, 0.1) is 11.6 Å². The Morgan fingerprint density at radius 2 is 2.14 bits per heavy atom. The van der Waals surface area contributed by atoms with Crippen LogP contribution < -0.4 is 5.32 Å². The van der Waals surface area contributed by atoms with Crippen LogP contribution in [0.1, 0.15) is 23.5 Å². The molecule has 74 valence electrons. The molecule has 1 aromatic carbocycles. The molecule has 0 aromatic heterocycles. The molecule has 0 saturated carbocycles. The summed E-state index contributed by atoms with van der Waals surface area (Å²) in [6.07, 6.45) is 1.15. The van der Waals surface area contributed by atoms with Gasteiger partial charge in [-0.2, -0.15) is 5.26 Å². The van der Waals surface area contributed by atoms with Gasteiger partial charge in [-0.3, -0.25) is 0 Å². The monoisotopic (exact) mass is 208 g/mol. The number of rotatable bonds is 1. The van der Waals surface area contributed by atoms with Crippen LogP contribution >= 0.6 is 12.4 Å². The van der Waals surface area contributed by atoms with E-state index in [2.05, 4.69) is 17.5 Å². The highest BCUT2D eigenvalue weighted by Crippen LogP contribution is 2.24. The fourth-order valence-corrected chi connectivity index (χ4v) is 1.87. The number of nitriles is 1. The molecule has 3 heteroatoms. The van der Waals surface area contributed by atoms with E-state index in [1.54, 1.807) is 0 Å². The zero-order chi connectivity index (χ0) is 9.10. The first-order chi connectivity index (χ1) is 6.42. The summed E-state index contributed by atoms with van der Waals surface area (Å²) in [5, 5.41) is 12.2. The number of nitrogens with zero attached hydrogens (tertiary/aromatic N) is 1. The molecule has 1 heterocycles. The van der Waals surface area contributed by atoms with Gasteiger partial charge in [0.2, 0.25) is 0 Å². The van der Waals surface area contributed by atoms with Gasteiger partial charge in [0.15, 0.2) is 0 Å². The van der Waals surface area contributed by atoms with Crippen LogP contribution in [-0.4, -0.2) is 13.1 Å². The molecule has 0 bridgehead atoms. The highest BCUT2D eigenvalue weighted by atomic mass is 35.5. The van der Waals surface area contributed by atoms with Crippen molar-refractivity contribution in [1.82, 2.24) is 5.32 Å². The van der Waals surface area contributed by atoms with E-state index in [0.717, 1.165) is 25.1 Å². The lowest BCUT2D eigenvalue weighted by atomic mass is 9.94. The quantitative estimate of drug-likeness (QED) is 0.767. The minimum absolute atomic E-state index is 0. The maximum absolute atomic E-state index is 8.91. The average molecular weight is 209 g/mol. The van der Waals surface area contributed by atoms with E-state index in [-0.39, 0.29) is 12.4 Å². The first-order valence-electron chi connectivity index (χ1n) is 4.61. The standard InChI is InChI=1S/C11H12N2.ClH/c12-7-9-3-1-2-4-11(9)10-5-6-13-8-10;/h1-4,10,13H,5-6,8H2;1H. The lowest BCUT2D eigenvalue weighted by Crippen LogP contribution is -2.08. The van der Waals surface area contributed by atoms with Gasteiger partial charge in [-0.05, 0) is 30.5 Å². The van der Waals surface area contributed by atoms with E-state index in [0.29, 0.717) is 5.92 Å². The summed E-state index contributed by atoms with van der Waals surface area (Å²) in [5.41, 5.74) is 2.03. The summed E-state index contributed by atoms with van der Waals surface area (Å²) in [6, 6.07) is 10.1. The van der Waals surface area contributed by atoms with E-state index in [9.17, 15) is 0 Å². The predicted molar refractivity (Wildman–Crippen MR) is 58.6 cm³/mol. The predicted octanol–water partition coefficient (Wildman–Crippen LogP) is 2.06. The fraction of sp³-hybridized carbons (Fsp3) is 0.364. The van der Waals surface area contributed by atoms with Crippen molar-refractivity contribution in [3.8, 4) is 6.07 Å². The number of halogens is 1. The molecule has 0 radical (unpaired) electrons. The molecular formula is C11H13ClN2. The van der Waals surface area contributed by atoms with Crippen molar-refractivity contribution in [2.75, 3.05) is 13.1 Å². The van der Waals surface area contributed by atoms with Crippen molar-refractivity contribution in [2.45, 2.75) is 12.3 Å². The first-order valence-corrected chi connectivity index (χ1v) is 4.61. The van der Waals surface area contributed by atoms with Crippen LogP contribution in [0.15, 0.2) is 24.3 Å². The van der Waals surface area contributed by atoms with Crippen molar-refractivity contribution in [3.63, 3.8) is 0 Å². The summed E-state index contributed by atoms with van der Waals surface area (Å²) in [5.74, 6) is 0.538. The molecule has 2 nitrogen and oxygen atoms in total. The Kier molecular flexibility index (Phi) is 3.94. The molecular weight excluding hydrogens is 196 g/mol. The van der Waals surface area contributed by atoms with Crippen LogP contribution in [0.3, 0.4) is 0 Å². The molecule has 1 saturated heterocycles. The molecule has 1 aromatic rings. The first kappa shape index (κ1) is 11.0. The third-order valence-corrected chi connectivity index (χ3v) is 2.58. The Morgan fingerprint density at radius 3 is 2.79 bits per heavy atom. The van der Waals surface area contributed by atoms with E-state index in [1.807, 2.05) is 18.2 Å². The maximum atomic E-state index is 8.91. The maximum Gasteiger partial charge on any atom is 0.0994 e.